The van der Waals surface area contributed by atoms with Crippen molar-refractivity contribution in [1.82, 2.24) is 9.78 Å². The Kier molecular flexibility index (Phi) is 4.49. The lowest BCUT2D eigenvalue weighted by molar-refractivity contribution is -0.116. The fourth-order valence-electron chi connectivity index (χ4n) is 1.27. The Morgan fingerprint density at radius 2 is 2.25 bits per heavy atom. The van der Waals surface area contributed by atoms with Gasteiger partial charge >= 0.3 is 0 Å². The zero-order valence-electron chi connectivity index (χ0n) is 10.1. The third kappa shape index (κ3) is 4.02. The van der Waals surface area contributed by atoms with Gasteiger partial charge in [0.05, 0.1) is 11.9 Å². The summed E-state index contributed by atoms with van der Waals surface area (Å²) >= 11 is 0. The highest BCUT2D eigenvalue weighted by Gasteiger charge is 2.06. The number of aromatic nitrogens is 2. The molecular weight excluding hydrogens is 204 g/mol. The lowest BCUT2D eigenvalue weighted by Gasteiger charge is -2.05. The van der Waals surface area contributed by atoms with E-state index in [-0.39, 0.29) is 11.9 Å². The van der Waals surface area contributed by atoms with Gasteiger partial charge in [0.1, 0.15) is 0 Å². The van der Waals surface area contributed by atoms with Crippen LogP contribution in [0.5, 0.6) is 0 Å². The van der Waals surface area contributed by atoms with E-state index in [1.54, 1.807) is 10.9 Å². The molecule has 1 rings (SSSR count). The van der Waals surface area contributed by atoms with Crippen LogP contribution in [-0.4, -0.2) is 21.7 Å². The molecule has 0 aliphatic heterocycles. The summed E-state index contributed by atoms with van der Waals surface area (Å²) in [4.78, 5) is 11.5. The molecule has 1 heterocycles. The van der Waals surface area contributed by atoms with Gasteiger partial charge in [0.2, 0.25) is 5.91 Å². The first kappa shape index (κ1) is 12.7. The number of nitrogens with two attached hydrogens (primary N) is 1. The smallest absolute Gasteiger partial charge is 0.224 e. The van der Waals surface area contributed by atoms with Crippen molar-refractivity contribution in [2.75, 3.05) is 5.32 Å². The van der Waals surface area contributed by atoms with Crippen LogP contribution in [0.15, 0.2) is 12.4 Å². The van der Waals surface area contributed by atoms with Crippen LogP contribution in [0.3, 0.4) is 0 Å². The third-order valence-electron chi connectivity index (χ3n) is 2.24. The van der Waals surface area contributed by atoms with E-state index in [2.05, 4.69) is 10.4 Å². The predicted octanol–water partition coefficient (Wildman–Crippen LogP) is 1.53. The Morgan fingerprint density at radius 1 is 1.56 bits per heavy atom. The quantitative estimate of drug-likeness (QED) is 0.796. The molecule has 16 heavy (non-hydrogen) atoms. The molecule has 0 aliphatic carbocycles. The van der Waals surface area contributed by atoms with Crippen molar-refractivity contribution in [3.63, 3.8) is 0 Å². The van der Waals surface area contributed by atoms with Gasteiger partial charge in [0.15, 0.2) is 0 Å². The molecular formula is C11H20N4O. The van der Waals surface area contributed by atoms with Gasteiger partial charge in [-0.1, -0.05) is 0 Å². The third-order valence-corrected chi connectivity index (χ3v) is 2.24. The summed E-state index contributed by atoms with van der Waals surface area (Å²) in [5.74, 6) is -0.0133. The summed E-state index contributed by atoms with van der Waals surface area (Å²) in [5, 5.41) is 6.94. The number of rotatable bonds is 5. The van der Waals surface area contributed by atoms with Crippen LogP contribution in [0.25, 0.3) is 0 Å². The van der Waals surface area contributed by atoms with Crippen LogP contribution in [0.4, 0.5) is 5.69 Å². The molecule has 1 amide bonds. The number of amides is 1. The second kappa shape index (κ2) is 5.65. The minimum Gasteiger partial charge on any atom is -0.328 e. The van der Waals surface area contributed by atoms with E-state index in [4.69, 9.17) is 5.73 Å². The van der Waals surface area contributed by atoms with Gasteiger partial charge in [-0.05, 0) is 27.2 Å². The highest BCUT2D eigenvalue weighted by Crippen LogP contribution is 2.10. The summed E-state index contributed by atoms with van der Waals surface area (Å²) in [6, 6.07) is 0.360. The van der Waals surface area contributed by atoms with Gasteiger partial charge < -0.3 is 11.1 Å². The highest BCUT2D eigenvalue weighted by atomic mass is 16.1. The van der Waals surface area contributed by atoms with Crippen LogP contribution in [0, 0.1) is 0 Å². The molecule has 0 fully saturated rings. The molecule has 1 aromatic rings. The molecule has 0 aromatic carbocycles. The fourth-order valence-corrected chi connectivity index (χ4v) is 1.27. The van der Waals surface area contributed by atoms with E-state index < -0.39 is 0 Å². The maximum absolute atomic E-state index is 11.5. The van der Waals surface area contributed by atoms with Gasteiger partial charge in [0.25, 0.3) is 0 Å². The Labute approximate surface area is 96.0 Å². The lowest BCUT2D eigenvalue weighted by Crippen LogP contribution is -2.19. The molecule has 3 N–H and O–H groups in total. The molecule has 5 nitrogen and oxygen atoms in total. The first-order valence-electron chi connectivity index (χ1n) is 5.58. The van der Waals surface area contributed by atoms with Crippen molar-refractivity contribution in [3.8, 4) is 0 Å². The molecule has 1 unspecified atom stereocenters. The van der Waals surface area contributed by atoms with E-state index in [0.717, 1.165) is 5.69 Å². The summed E-state index contributed by atoms with van der Waals surface area (Å²) in [5.41, 5.74) is 6.32. The number of hydrogen-bond donors (Lipinski definition) is 2. The molecule has 1 aromatic heterocycles. The summed E-state index contributed by atoms with van der Waals surface area (Å²) in [6.45, 7) is 5.97. The molecule has 90 valence electrons. The molecule has 0 aliphatic rings. The first-order chi connectivity index (χ1) is 7.49. The number of anilines is 1. The topological polar surface area (TPSA) is 72.9 Å². The summed E-state index contributed by atoms with van der Waals surface area (Å²) < 4.78 is 1.81. The average Bonchev–Trinajstić information content (AvgIpc) is 2.63. The molecule has 5 heteroatoms. The van der Waals surface area contributed by atoms with Crippen LogP contribution in [0.1, 0.15) is 39.7 Å². The van der Waals surface area contributed by atoms with Crippen LogP contribution >= 0.6 is 0 Å². The summed E-state index contributed by atoms with van der Waals surface area (Å²) in [6.07, 6.45) is 4.63. The zero-order valence-corrected chi connectivity index (χ0v) is 10.1. The van der Waals surface area contributed by atoms with Crippen LogP contribution in [0.2, 0.25) is 0 Å². The van der Waals surface area contributed by atoms with E-state index >= 15 is 0 Å². The molecule has 1 atom stereocenters. The van der Waals surface area contributed by atoms with E-state index in [1.165, 1.54) is 0 Å². The van der Waals surface area contributed by atoms with Gasteiger partial charge in [-0.3, -0.25) is 9.48 Å². The second-order valence-electron chi connectivity index (χ2n) is 4.37. The van der Waals surface area contributed by atoms with E-state index in [1.807, 2.05) is 27.0 Å². The second-order valence-corrected chi connectivity index (χ2v) is 4.37. The number of carbonyl (C=O) groups is 1. The molecule has 0 saturated carbocycles. The van der Waals surface area contributed by atoms with Crippen molar-refractivity contribution < 1.29 is 4.79 Å². The minimum absolute atomic E-state index is 0.0133. The summed E-state index contributed by atoms with van der Waals surface area (Å²) in [7, 11) is 0. The van der Waals surface area contributed by atoms with Gasteiger partial charge in [-0.15, -0.1) is 0 Å². The fraction of sp³-hybridized carbons (Fsp3) is 0.636. The zero-order chi connectivity index (χ0) is 12.1. The van der Waals surface area contributed by atoms with Crippen molar-refractivity contribution in [3.05, 3.63) is 12.4 Å². The molecule has 0 saturated heterocycles. The van der Waals surface area contributed by atoms with Crippen molar-refractivity contribution in [2.45, 2.75) is 45.7 Å². The van der Waals surface area contributed by atoms with Crippen LogP contribution in [-0.2, 0) is 4.79 Å². The number of carbonyl (C=O) groups excluding carboxylic acids is 1. The molecule has 0 radical (unpaired) electrons. The molecule has 0 bridgehead atoms. The normalized spacial score (nSPS) is 12.8. The first-order valence-corrected chi connectivity index (χ1v) is 5.58. The highest BCUT2D eigenvalue weighted by molar-refractivity contribution is 5.90. The lowest BCUT2D eigenvalue weighted by atomic mass is 10.2. The minimum atomic E-state index is -0.0133. The van der Waals surface area contributed by atoms with Gasteiger partial charge in [-0.2, -0.15) is 5.10 Å². The van der Waals surface area contributed by atoms with E-state index in [9.17, 15) is 4.79 Å². The SMILES string of the molecule is CC(N)CCC(=O)Nc1cnn(C(C)C)c1. The largest absolute Gasteiger partial charge is 0.328 e. The van der Waals surface area contributed by atoms with Crippen molar-refractivity contribution >= 4 is 11.6 Å². The number of nitrogens with one attached hydrogen (secondary N) is 1. The Bertz CT molecular complexity index is 344. The molecule has 0 spiro atoms. The Morgan fingerprint density at radius 3 is 2.75 bits per heavy atom. The van der Waals surface area contributed by atoms with Crippen molar-refractivity contribution in [1.29, 1.82) is 0 Å². The van der Waals surface area contributed by atoms with Gasteiger partial charge in [-0.25, -0.2) is 0 Å². The Hall–Kier alpha value is -1.36. The van der Waals surface area contributed by atoms with Gasteiger partial charge in [0, 0.05) is 24.7 Å². The monoisotopic (exact) mass is 224 g/mol. The Balaban J connectivity index is 2.43. The number of hydrogen-bond acceptors (Lipinski definition) is 3. The van der Waals surface area contributed by atoms with E-state index in [0.29, 0.717) is 18.9 Å². The number of nitrogens with zero attached hydrogens (tertiary/aromatic N) is 2. The van der Waals surface area contributed by atoms with Crippen LogP contribution < -0.4 is 11.1 Å². The average molecular weight is 224 g/mol. The van der Waals surface area contributed by atoms with Crippen molar-refractivity contribution in [2.24, 2.45) is 5.73 Å². The standard InChI is InChI=1S/C11H20N4O/c1-8(2)15-7-10(6-13-15)14-11(16)5-4-9(3)12/h6-9H,4-5,12H2,1-3H3,(H,14,16). The predicted molar refractivity (Wildman–Crippen MR) is 64.1 cm³/mol. The maximum Gasteiger partial charge on any atom is 0.224 e. The maximum atomic E-state index is 11.5.